The van der Waals surface area contributed by atoms with Gasteiger partial charge in [-0.25, -0.2) is 0 Å². The number of anilines is 1. The number of benzene rings is 1. The number of aromatic nitrogens is 1. The first-order valence-electron chi connectivity index (χ1n) is 5.57. The number of pyridine rings is 1. The molecule has 0 unspecified atom stereocenters. The molecule has 0 saturated carbocycles. The van der Waals surface area contributed by atoms with Gasteiger partial charge in [-0.1, -0.05) is 17.7 Å². The van der Waals surface area contributed by atoms with Crippen molar-refractivity contribution in [3.63, 3.8) is 0 Å². The van der Waals surface area contributed by atoms with Crippen molar-refractivity contribution < 1.29 is 0 Å². The van der Waals surface area contributed by atoms with Gasteiger partial charge in [0.2, 0.25) is 0 Å². The second-order valence-corrected chi connectivity index (χ2v) is 4.50. The van der Waals surface area contributed by atoms with Gasteiger partial charge in [0, 0.05) is 17.8 Å². The molecule has 1 aromatic carbocycles. The molecular weight excluding hydrogens is 232 g/mol. The number of halogens is 1. The predicted octanol–water partition coefficient (Wildman–Crippen LogP) is 3.96. The Bertz CT molecular complexity index is 523. The Balaban J connectivity index is 2.10. The standard InChI is InChI=1S/C14H15ClN2/c1-10-8-13(15)6-5-12(10)9-17-14-4-3-7-16-11(14)2/h3-8,17H,9H2,1-2H3. The maximum absolute atomic E-state index is 5.93. The number of nitrogens with zero attached hydrogens (tertiary/aromatic N) is 1. The van der Waals surface area contributed by atoms with Gasteiger partial charge in [-0.05, 0) is 49.2 Å². The summed E-state index contributed by atoms with van der Waals surface area (Å²) in [5, 5.41) is 4.17. The summed E-state index contributed by atoms with van der Waals surface area (Å²) < 4.78 is 0. The lowest BCUT2D eigenvalue weighted by Gasteiger charge is -2.10. The Labute approximate surface area is 107 Å². The van der Waals surface area contributed by atoms with Crippen LogP contribution in [0.3, 0.4) is 0 Å². The maximum atomic E-state index is 5.93. The van der Waals surface area contributed by atoms with Crippen molar-refractivity contribution in [2.24, 2.45) is 0 Å². The minimum absolute atomic E-state index is 0.781. The summed E-state index contributed by atoms with van der Waals surface area (Å²) in [6.45, 7) is 4.85. The first-order chi connectivity index (χ1) is 8.16. The third-order valence-corrected chi connectivity index (χ3v) is 3.02. The molecule has 0 saturated heterocycles. The highest BCUT2D eigenvalue weighted by Gasteiger charge is 2.01. The van der Waals surface area contributed by atoms with Crippen molar-refractivity contribution in [1.29, 1.82) is 0 Å². The van der Waals surface area contributed by atoms with Gasteiger partial charge in [-0.2, -0.15) is 0 Å². The second kappa shape index (κ2) is 5.19. The van der Waals surface area contributed by atoms with Crippen molar-refractivity contribution in [2.45, 2.75) is 20.4 Å². The second-order valence-electron chi connectivity index (χ2n) is 4.06. The number of hydrogen-bond acceptors (Lipinski definition) is 2. The Hall–Kier alpha value is -1.54. The molecule has 0 radical (unpaired) electrons. The van der Waals surface area contributed by atoms with E-state index < -0.39 is 0 Å². The summed E-state index contributed by atoms with van der Waals surface area (Å²) in [6, 6.07) is 9.92. The van der Waals surface area contributed by atoms with E-state index in [9.17, 15) is 0 Å². The molecule has 0 aliphatic rings. The molecule has 0 amide bonds. The van der Waals surface area contributed by atoms with Crippen LogP contribution in [-0.2, 0) is 6.54 Å². The summed E-state index contributed by atoms with van der Waals surface area (Å²) >= 11 is 5.93. The molecule has 2 aromatic rings. The predicted molar refractivity (Wildman–Crippen MR) is 72.5 cm³/mol. The number of hydrogen-bond donors (Lipinski definition) is 1. The van der Waals surface area contributed by atoms with Gasteiger partial charge in [-0.15, -0.1) is 0 Å². The van der Waals surface area contributed by atoms with Crippen molar-refractivity contribution in [3.05, 3.63) is 58.4 Å². The average molecular weight is 247 g/mol. The number of rotatable bonds is 3. The summed E-state index contributed by atoms with van der Waals surface area (Å²) in [4.78, 5) is 4.24. The van der Waals surface area contributed by atoms with Crippen molar-refractivity contribution in [3.8, 4) is 0 Å². The smallest absolute Gasteiger partial charge is 0.0603 e. The fourth-order valence-corrected chi connectivity index (χ4v) is 1.95. The highest BCUT2D eigenvalue weighted by molar-refractivity contribution is 6.30. The summed E-state index contributed by atoms with van der Waals surface area (Å²) in [5.41, 5.74) is 4.53. The zero-order valence-corrected chi connectivity index (χ0v) is 10.8. The van der Waals surface area contributed by atoms with Crippen LogP contribution in [0.4, 0.5) is 5.69 Å². The van der Waals surface area contributed by atoms with E-state index in [0.717, 1.165) is 22.9 Å². The Morgan fingerprint density at radius 2 is 2.06 bits per heavy atom. The first kappa shape index (κ1) is 11.9. The molecular formula is C14H15ClN2. The molecule has 0 bridgehead atoms. The van der Waals surface area contributed by atoms with Gasteiger partial charge in [0.1, 0.15) is 0 Å². The van der Waals surface area contributed by atoms with E-state index in [2.05, 4.69) is 23.3 Å². The van der Waals surface area contributed by atoms with Gasteiger partial charge in [0.05, 0.1) is 11.4 Å². The zero-order valence-electron chi connectivity index (χ0n) is 10.00. The van der Waals surface area contributed by atoms with Gasteiger partial charge < -0.3 is 5.32 Å². The van der Waals surface area contributed by atoms with Crippen molar-refractivity contribution in [1.82, 2.24) is 4.98 Å². The van der Waals surface area contributed by atoms with Crippen LogP contribution in [0.2, 0.25) is 5.02 Å². The molecule has 0 atom stereocenters. The number of aryl methyl sites for hydroxylation is 2. The van der Waals surface area contributed by atoms with Gasteiger partial charge >= 0.3 is 0 Å². The molecule has 2 rings (SSSR count). The quantitative estimate of drug-likeness (QED) is 0.887. The van der Waals surface area contributed by atoms with Gasteiger partial charge in [0.25, 0.3) is 0 Å². The lowest BCUT2D eigenvalue weighted by molar-refractivity contribution is 1.09. The molecule has 0 fully saturated rings. The topological polar surface area (TPSA) is 24.9 Å². The van der Waals surface area contributed by atoms with Crippen molar-refractivity contribution in [2.75, 3.05) is 5.32 Å². The van der Waals surface area contributed by atoms with Crippen LogP contribution in [0.5, 0.6) is 0 Å². The van der Waals surface area contributed by atoms with Crippen LogP contribution < -0.4 is 5.32 Å². The van der Waals surface area contributed by atoms with Crippen LogP contribution in [0.25, 0.3) is 0 Å². The lowest BCUT2D eigenvalue weighted by atomic mass is 10.1. The Kier molecular flexibility index (Phi) is 3.64. The third-order valence-electron chi connectivity index (χ3n) is 2.78. The normalized spacial score (nSPS) is 10.3. The summed E-state index contributed by atoms with van der Waals surface area (Å²) in [5.74, 6) is 0. The molecule has 88 valence electrons. The molecule has 17 heavy (non-hydrogen) atoms. The monoisotopic (exact) mass is 246 g/mol. The summed E-state index contributed by atoms with van der Waals surface area (Å²) in [6.07, 6.45) is 1.80. The minimum atomic E-state index is 0.781. The SMILES string of the molecule is Cc1cc(Cl)ccc1CNc1cccnc1C. The fraction of sp³-hybridized carbons (Fsp3) is 0.214. The molecule has 1 heterocycles. The van der Waals surface area contributed by atoms with Gasteiger partial charge in [-0.3, -0.25) is 4.98 Å². The van der Waals surface area contributed by atoms with Crippen LogP contribution in [0.15, 0.2) is 36.5 Å². The van der Waals surface area contributed by atoms with E-state index in [1.54, 1.807) is 6.20 Å². The van der Waals surface area contributed by atoms with E-state index in [-0.39, 0.29) is 0 Å². The van der Waals surface area contributed by atoms with E-state index in [1.165, 1.54) is 11.1 Å². The summed E-state index contributed by atoms with van der Waals surface area (Å²) in [7, 11) is 0. The zero-order chi connectivity index (χ0) is 12.3. The molecule has 3 heteroatoms. The van der Waals surface area contributed by atoms with Crippen molar-refractivity contribution >= 4 is 17.3 Å². The lowest BCUT2D eigenvalue weighted by Crippen LogP contribution is -2.03. The van der Waals surface area contributed by atoms with E-state index in [4.69, 9.17) is 11.6 Å². The largest absolute Gasteiger partial charge is 0.379 e. The first-order valence-corrected chi connectivity index (χ1v) is 5.95. The number of nitrogens with one attached hydrogen (secondary N) is 1. The van der Waals surface area contributed by atoms with Gasteiger partial charge in [0.15, 0.2) is 0 Å². The molecule has 2 nitrogen and oxygen atoms in total. The average Bonchev–Trinajstić information content (AvgIpc) is 2.30. The fourth-order valence-electron chi connectivity index (χ4n) is 1.72. The maximum Gasteiger partial charge on any atom is 0.0603 e. The highest BCUT2D eigenvalue weighted by Crippen LogP contribution is 2.17. The molecule has 1 aromatic heterocycles. The van der Waals surface area contributed by atoms with Crippen LogP contribution in [0, 0.1) is 13.8 Å². The van der Waals surface area contributed by atoms with Crippen LogP contribution in [0.1, 0.15) is 16.8 Å². The third kappa shape index (κ3) is 2.98. The van der Waals surface area contributed by atoms with E-state index >= 15 is 0 Å². The molecule has 1 N–H and O–H groups in total. The Morgan fingerprint density at radius 1 is 1.24 bits per heavy atom. The molecule has 0 aliphatic heterocycles. The molecule has 0 spiro atoms. The minimum Gasteiger partial charge on any atom is -0.379 e. The van der Waals surface area contributed by atoms with Crippen LogP contribution >= 0.6 is 11.6 Å². The van der Waals surface area contributed by atoms with Crippen LogP contribution in [-0.4, -0.2) is 4.98 Å². The van der Waals surface area contributed by atoms with E-state index in [1.807, 2.05) is 31.2 Å². The Morgan fingerprint density at radius 3 is 2.76 bits per heavy atom. The highest BCUT2D eigenvalue weighted by atomic mass is 35.5. The van der Waals surface area contributed by atoms with E-state index in [0.29, 0.717) is 0 Å². The molecule has 0 aliphatic carbocycles.